The van der Waals surface area contributed by atoms with E-state index in [4.69, 9.17) is 0 Å². The molecule has 0 aliphatic heterocycles. The van der Waals surface area contributed by atoms with Crippen LogP contribution >= 0.6 is 0 Å². The SMILES string of the molecule is CC(=O)N(C(C)=O)C1CCCc2ccccc21. The van der Waals surface area contributed by atoms with E-state index in [0.29, 0.717) is 0 Å². The molecule has 2 amide bonds. The number of rotatable bonds is 1. The smallest absolute Gasteiger partial charge is 0.226 e. The monoisotopic (exact) mass is 231 g/mol. The maximum atomic E-state index is 11.6. The Bertz CT molecular complexity index is 439. The van der Waals surface area contributed by atoms with E-state index in [0.717, 1.165) is 24.8 Å². The van der Waals surface area contributed by atoms with Crippen molar-refractivity contribution in [2.75, 3.05) is 0 Å². The maximum absolute atomic E-state index is 11.6. The van der Waals surface area contributed by atoms with Crippen LogP contribution in [0.15, 0.2) is 24.3 Å². The second-order valence-corrected chi connectivity index (χ2v) is 4.51. The van der Waals surface area contributed by atoms with Crippen LogP contribution in [-0.4, -0.2) is 16.7 Å². The van der Waals surface area contributed by atoms with Crippen LogP contribution in [0.4, 0.5) is 0 Å². The summed E-state index contributed by atoms with van der Waals surface area (Å²) in [6.07, 6.45) is 2.94. The molecule has 1 aliphatic carbocycles. The fourth-order valence-corrected chi connectivity index (χ4v) is 2.66. The predicted octanol–water partition coefficient (Wildman–Crippen LogP) is 2.46. The van der Waals surface area contributed by atoms with E-state index in [-0.39, 0.29) is 17.9 Å². The number of imide groups is 1. The second kappa shape index (κ2) is 4.70. The number of nitrogens with zero attached hydrogens (tertiary/aromatic N) is 1. The molecule has 90 valence electrons. The maximum Gasteiger partial charge on any atom is 0.226 e. The normalized spacial score (nSPS) is 18.4. The summed E-state index contributed by atoms with van der Waals surface area (Å²) in [5, 5.41) is 0. The molecule has 1 aromatic carbocycles. The molecule has 0 N–H and O–H groups in total. The molecule has 1 unspecified atom stereocenters. The van der Waals surface area contributed by atoms with Gasteiger partial charge < -0.3 is 0 Å². The van der Waals surface area contributed by atoms with Crippen molar-refractivity contribution in [1.29, 1.82) is 0 Å². The summed E-state index contributed by atoms with van der Waals surface area (Å²) in [6.45, 7) is 2.91. The summed E-state index contributed by atoms with van der Waals surface area (Å²) in [7, 11) is 0. The van der Waals surface area contributed by atoms with Crippen molar-refractivity contribution in [1.82, 2.24) is 4.90 Å². The van der Waals surface area contributed by atoms with Gasteiger partial charge in [-0.3, -0.25) is 14.5 Å². The molecule has 0 heterocycles. The lowest BCUT2D eigenvalue weighted by Crippen LogP contribution is -2.38. The van der Waals surface area contributed by atoms with E-state index in [1.807, 2.05) is 18.2 Å². The number of benzene rings is 1. The van der Waals surface area contributed by atoms with Crippen LogP contribution in [0.2, 0.25) is 0 Å². The third kappa shape index (κ3) is 2.23. The van der Waals surface area contributed by atoms with Crippen LogP contribution in [-0.2, 0) is 16.0 Å². The second-order valence-electron chi connectivity index (χ2n) is 4.51. The minimum Gasteiger partial charge on any atom is -0.275 e. The fraction of sp³-hybridized carbons (Fsp3) is 0.429. The summed E-state index contributed by atoms with van der Waals surface area (Å²) in [4.78, 5) is 24.6. The first-order chi connectivity index (χ1) is 8.11. The van der Waals surface area contributed by atoms with Gasteiger partial charge in [0, 0.05) is 13.8 Å². The Balaban J connectivity index is 2.40. The molecule has 1 aliphatic rings. The average molecular weight is 231 g/mol. The average Bonchev–Trinajstić information content (AvgIpc) is 2.28. The van der Waals surface area contributed by atoms with Crippen LogP contribution in [0, 0.1) is 0 Å². The predicted molar refractivity (Wildman–Crippen MR) is 65.3 cm³/mol. The van der Waals surface area contributed by atoms with Gasteiger partial charge >= 0.3 is 0 Å². The van der Waals surface area contributed by atoms with Crippen molar-refractivity contribution < 1.29 is 9.59 Å². The molecule has 1 aromatic rings. The van der Waals surface area contributed by atoms with E-state index < -0.39 is 0 Å². The van der Waals surface area contributed by atoms with Gasteiger partial charge in [-0.15, -0.1) is 0 Å². The van der Waals surface area contributed by atoms with Gasteiger partial charge in [0.25, 0.3) is 0 Å². The lowest BCUT2D eigenvalue weighted by Gasteiger charge is -2.33. The lowest BCUT2D eigenvalue weighted by atomic mass is 9.86. The largest absolute Gasteiger partial charge is 0.275 e. The minimum atomic E-state index is -0.167. The number of amides is 2. The molecule has 0 saturated carbocycles. The molecule has 17 heavy (non-hydrogen) atoms. The van der Waals surface area contributed by atoms with E-state index in [2.05, 4.69) is 6.07 Å². The van der Waals surface area contributed by atoms with E-state index in [1.54, 1.807) is 0 Å². The quantitative estimate of drug-likeness (QED) is 0.744. The molecule has 0 bridgehead atoms. The first-order valence-electron chi connectivity index (χ1n) is 5.99. The Hall–Kier alpha value is -1.64. The summed E-state index contributed by atoms with van der Waals surface area (Å²) in [6, 6.07) is 8.01. The number of carbonyl (C=O) groups is 2. The van der Waals surface area contributed by atoms with Crippen molar-refractivity contribution in [3.8, 4) is 0 Å². The zero-order valence-electron chi connectivity index (χ0n) is 10.3. The van der Waals surface area contributed by atoms with Crippen molar-refractivity contribution in [3.05, 3.63) is 35.4 Å². The van der Waals surface area contributed by atoms with Gasteiger partial charge in [-0.1, -0.05) is 24.3 Å². The van der Waals surface area contributed by atoms with Crippen LogP contribution in [0.1, 0.15) is 43.9 Å². The van der Waals surface area contributed by atoms with Crippen molar-refractivity contribution in [2.45, 2.75) is 39.2 Å². The molecular formula is C14H17NO2. The number of hydrogen-bond donors (Lipinski definition) is 0. The molecule has 0 spiro atoms. The van der Waals surface area contributed by atoms with Gasteiger partial charge in [-0.05, 0) is 30.4 Å². The van der Waals surface area contributed by atoms with Crippen molar-refractivity contribution >= 4 is 11.8 Å². The highest BCUT2D eigenvalue weighted by Gasteiger charge is 2.29. The first kappa shape index (κ1) is 11.8. The van der Waals surface area contributed by atoms with E-state index in [1.165, 1.54) is 24.3 Å². The molecular weight excluding hydrogens is 214 g/mol. The third-order valence-electron chi connectivity index (χ3n) is 3.33. The fourth-order valence-electron chi connectivity index (χ4n) is 2.66. The van der Waals surface area contributed by atoms with Crippen molar-refractivity contribution in [3.63, 3.8) is 0 Å². The Kier molecular flexibility index (Phi) is 3.27. The molecule has 0 radical (unpaired) electrons. The van der Waals surface area contributed by atoms with Crippen LogP contribution < -0.4 is 0 Å². The van der Waals surface area contributed by atoms with Crippen LogP contribution in [0.3, 0.4) is 0 Å². The lowest BCUT2D eigenvalue weighted by molar-refractivity contribution is -0.145. The van der Waals surface area contributed by atoms with E-state index in [9.17, 15) is 9.59 Å². The van der Waals surface area contributed by atoms with E-state index >= 15 is 0 Å². The molecule has 0 saturated heterocycles. The minimum absolute atomic E-state index is 0.0741. The van der Waals surface area contributed by atoms with Gasteiger partial charge in [-0.25, -0.2) is 0 Å². The molecule has 3 nitrogen and oxygen atoms in total. The van der Waals surface area contributed by atoms with Crippen molar-refractivity contribution in [2.24, 2.45) is 0 Å². The summed E-state index contributed by atoms with van der Waals surface area (Å²) in [5.41, 5.74) is 2.39. The molecule has 0 fully saturated rings. The van der Waals surface area contributed by atoms with Gasteiger partial charge in [0.05, 0.1) is 6.04 Å². The summed E-state index contributed by atoms with van der Waals surface area (Å²) < 4.78 is 0. The highest BCUT2D eigenvalue weighted by Crippen LogP contribution is 2.34. The molecule has 2 rings (SSSR count). The molecule has 3 heteroatoms. The molecule has 1 atom stereocenters. The zero-order valence-corrected chi connectivity index (χ0v) is 10.3. The number of carbonyl (C=O) groups excluding carboxylic acids is 2. The van der Waals surface area contributed by atoms with Crippen LogP contribution in [0.5, 0.6) is 0 Å². The van der Waals surface area contributed by atoms with Gasteiger partial charge in [0.2, 0.25) is 11.8 Å². The standard InChI is InChI=1S/C14H17NO2/c1-10(16)15(11(2)17)14-9-5-7-12-6-3-4-8-13(12)14/h3-4,6,8,14H,5,7,9H2,1-2H3. The van der Waals surface area contributed by atoms with Crippen LogP contribution in [0.25, 0.3) is 0 Å². The van der Waals surface area contributed by atoms with Gasteiger partial charge in [-0.2, -0.15) is 0 Å². The highest BCUT2D eigenvalue weighted by molar-refractivity contribution is 5.93. The van der Waals surface area contributed by atoms with Gasteiger partial charge in [0.1, 0.15) is 0 Å². The summed E-state index contributed by atoms with van der Waals surface area (Å²) >= 11 is 0. The number of fused-ring (bicyclic) bond motifs is 1. The van der Waals surface area contributed by atoms with Gasteiger partial charge in [0.15, 0.2) is 0 Å². The Labute approximate surface area is 101 Å². The molecule has 0 aromatic heterocycles. The topological polar surface area (TPSA) is 37.4 Å². The summed E-state index contributed by atoms with van der Waals surface area (Å²) in [5.74, 6) is -0.335. The Morgan fingerprint density at radius 2 is 1.82 bits per heavy atom. The first-order valence-corrected chi connectivity index (χ1v) is 5.99. The Morgan fingerprint density at radius 1 is 1.18 bits per heavy atom. The Morgan fingerprint density at radius 3 is 2.47 bits per heavy atom. The highest BCUT2D eigenvalue weighted by atomic mass is 16.2. The zero-order chi connectivity index (χ0) is 12.4. The number of aryl methyl sites for hydroxylation is 1. The number of hydrogen-bond acceptors (Lipinski definition) is 2. The third-order valence-corrected chi connectivity index (χ3v) is 3.33.